The first-order chi connectivity index (χ1) is 7.16. The lowest BCUT2D eigenvalue weighted by atomic mass is 10.0. The van der Waals surface area contributed by atoms with Crippen molar-refractivity contribution in [3.63, 3.8) is 0 Å². The summed E-state index contributed by atoms with van der Waals surface area (Å²) < 4.78 is 0. The molecule has 15 heavy (non-hydrogen) atoms. The third-order valence-corrected chi connectivity index (χ3v) is 2.34. The minimum absolute atomic E-state index is 0.0320. The molecule has 0 fully saturated rings. The first-order valence-electron chi connectivity index (χ1n) is 4.66. The van der Waals surface area contributed by atoms with Crippen LogP contribution in [0.5, 0.6) is 0 Å². The van der Waals surface area contributed by atoms with E-state index in [0.29, 0.717) is 5.69 Å². The van der Waals surface area contributed by atoms with Crippen molar-refractivity contribution in [2.45, 2.75) is 6.42 Å². The fourth-order valence-corrected chi connectivity index (χ4v) is 1.63. The number of carbonyl (C=O) groups is 1. The van der Waals surface area contributed by atoms with E-state index in [4.69, 9.17) is 10.8 Å². The highest BCUT2D eigenvalue weighted by Crippen LogP contribution is 2.22. The second-order valence-corrected chi connectivity index (χ2v) is 3.47. The SMILES string of the molecule is Nc1cccc2ccc(CC(=O)O)cc12. The van der Waals surface area contributed by atoms with Gasteiger partial charge in [0.25, 0.3) is 0 Å². The number of fused-ring (bicyclic) bond motifs is 1. The molecule has 0 heterocycles. The highest BCUT2D eigenvalue weighted by Gasteiger charge is 2.03. The quantitative estimate of drug-likeness (QED) is 0.731. The summed E-state index contributed by atoms with van der Waals surface area (Å²) in [5.41, 5.74) is 7.26. The summed E-state index contributed by atoms with van der Waals surface area (Å²) in [6, 6.07) is 11.2. The van der Waals surface area contributed by atoms with Crippen molar-refractivity contribution in [3.8, 4) is 0 Å². The van der Waals surface area contributed by atoms with Crippen LogP contribution >= 0.6 is 0 Å². The maximum atomic E-state index is 10.6. The van der Waals surface area contributed by atoms with Gasteiger partial charge in [-0.15, -0.1) is 0 Å². The van der Waals surface area contributed by atoms with Crippen LogP contribution in [-0.4, -0.2) is 11.1 Å². The van der Waals surface area contributed by atoms with Crippen LogP contribution in [0.3, 0.4) is 0 Å². The van der Waals surface area contributed by atoms with Crippen molar-refractivity contribution in [1.82, 2.24) is 0 Å². The second-order valence-electron chi connectivity index (χ2n) is 3.47. The van der Waals surface area contributed by atoms with E-state index in [9.17, 15) is 4.79 Å². The van der Waals surface area contributed by atoms with Gasteiger partial charge in [0.1, 0.15) is 0 Å². The largest absolute Gasteiger partial charge is 0.481 e. The van der Waals surface area contributed by atoms with E-state index in [2.05, 4.69) is 0 Å². The van der Waals surface area contributed by atoms with Crippen LogP contribution in [0.25, 0.3) is 10.8 Å². The van der Waals surface area contributed by atoms with Gasteiger partial charge in [-0.1, -0.05) is 24.3 Å². The lowest BCUT2D eigenvalue weighted by molar-refractivity contribution is -0.136. The number of carboxylic acids is 1. The maximum absolute atomic E-state index is 10.6. The summed E-state index contributed by atoms with van der Waals surface area (Å²) in [5.74, 6) is -0.830. The fourth-order valence-electron chi connectivity index (χ4n) is 1.63. The zero-order valence-corrected chi connectivity index (χ0v) is 8.10. The molecular formula is C12H11NO2. The summed E-state index contributed by atoms with van der Waals surface area (Å²) in [4.78, 5) is 10.6. The number of rotatable bonds is 2. The number of aliphatic carboxylic acids is 1. The Labute approximate surface area is 87.1 Å². The molecule has 0 saturated heterocycles. The first-order valence-corrected chi connectivity index (χ1v) is 4.66. The third kappa shape index (κ3) is 1.91. The smallest absolute Gasteiger partial charge is 0.307 e. The maximum Gasteiger partial charge on any atom is 0.307 e. The Bertz CT molecular complexity index is 520. The molecule has 0 spiro atoms. The predicted octanol–water partition coefficient (Wildman–Crippen LogP) is 2.05. The number of benzene rings is 2. The lowest BCUT2D eigenvalue weighted by Gasteiger charge is -2.03. The Balaban J connectivity index is 2.54. The first kappa shape index (κ1) is 9.52. The molecule has 0 unspecified atom stereocenters. The molecule has 0 aliphatic heterocycles. The van der Waals surface area contributed by atoms with Gasteiger partial charge >= 0.3 is 5.97 Å². The Morgan fingerprint density at radius 1 is 1.27 bits per heavy atom. The van der Waals surface area contributed by atoms with Gasteiger partial charge in [0.2, 0.25) is 0 Å². The van der Waals surface area contributed by atoms with Gasteiger partial charge in [-0.25, -0.2) is 0 Å². The molecule has 0 aromatic heterocycles. The van der Waals surface area contributed by atoms with E-state index in [1.807, 2.05) is 36.4 Å². The third-order valence-electron chi connectivity index (χ3n) is 2.34. The van der Waals surface area contributed by atoms with E-state index in [-0.39, 0.29) is 6.42 Å². The Morgan fingerprint density at radius 2 is 2.07 bits per heavy atom. The van der Waals surface area contributed by atoms with Crippen LogP contribution in [0.2, 0.25) is 0 Å². The minimum atomic E-state index is -0.830. The van der Waals surface area contributed by atoms with Gasteiger partial charge in [0, 0.05) is 11.1 Å². The lowest BCUT2D eigenvalue weighted by Crippen LogP contribution is -1.99. The molecule has 2 rings (SSSR count). The van der Waals surface area contributed by atoms with E-state index in [0.717, 1.165) is 16.3 Å². The zero-order valence-electron chi connectivity index (χ0n) is 8.10. The number of hydrogen-bond donors (Lipinski definition) is 2. The highest BCUT2D eigenvalue weighted by atomic mass is 16.4. The van der Waals surface area contributed by atoms with Crippen LogP contribution in [0, 0.1) is 0 Å². The predicted molar refractivity (Wildman–Crippen MR) is 59.7 cm³/mol. The molecule has 3 heteroatoms. The van der Waals surface area contributed by atoms with Crippen LogP contribution in [-0.2, 0) is 11.2 Å². The molecule has 2 aromatic rings. The van der Waals surface area contributed by atoms with Gasteiger partial charge in [-0.3, -0.25) is 4.79 Å². The molecule has 0 radical (unpaired) electrons. The van der Waals surface area contributed by atoms with Crippen LogP contribution in [0.1, 0.15) is 5.56 Å². The van der Waals surface area contributed by atoms with Crippen LogP contribution in [0.4, 0.5) is 5.69 Å². The molecule has 0 atom stereocenters. The number of carboxylic acid groups (broad SMARTS) is 1. The zero-order chi connectivity index (χ0) is 10.8. The molecule has 0 amide bonds. The van der Waals surface area contributed by atoms with Gasteiger partial charge in [0.15, 0.2) is 0 Å². The van der Waals surface area contributed by atoms with Gasteiger partial charge in [-0.05, 0) is 23.1 Å². The highest BCUT2D eigenvalue weighted by molar-refractivity contribution is 5.93. The van der Waals surface area contributed by atoms with Gasteiger partial charge < -0.3 is 10.8 Å². The number of hydrogen-bond acceptors (Lipinski definition) is 2. The Morgan fingerprint density at radius 3 is 2.80 bits per heavy atom. The molecule has 76 valence electrons. The van der Waals surface area contributed by atoms with Crippen molar-refractivity contribution < 1.29 is 9.90 Å². The van der Waals surface area contributed by atoms with Crippen molar-refractivity contribution in [2.75, 3.05) is 5.73 Å². The molecule has 0 aliphatic carbocycles. The van der Waals surface area contributed by atoms with Crippen molar-refractivity contribution in [3.05, 3.63) is 42.0 Å². The number of nitrogen functional groups attached to an aromatic ring is 1. The van der Waals surface area contributed by atoms with Crippen LogP contribution < -0.4 is 5.73 Å². The fraction of sp³-hybridized carbons (Fsp3) is 0.0833. The van der Waals surface area contributed by atoms with E-state index >= 15 is 0 Å². The minimum Gasteiger partial charge on any atom is -0.481 e. The van der Waals surface area contributed by atoms with Gasteiger partial charge in [0.05, 0.1) is 6.42 Å². The topological polar surface area (TPSA) is 63.3 Å². The molecule has 3 nitrogen and oxygen atoms in total. The molecule has 0 aliphatic rings. The Kier molecular flexibility index (Phi) is 2.29. The standard InChI is InChI=1S/C12H11NO2/c13-11-3-1-2-9-5-4-8(6-10(9)11)7-12(14)15/h1-6H,7,13H2,(H,14,15). The van der Waals surface area contributed by atoms with Crippen molar-refractivity contribution in [1.29, 1.82) is 0 Å². The average molecular weight is 201 g/mol. The summed E-state index contributed by atoms with van der Waals surface area (Å²) in [6.07, 6.45) is 0.0320. The molecule has 0 saturated carbocycles. The average Bonchev–Trinajstić information content (AvgIpc) is 2.18. The van der Waals surface area contributed by atoms with Crippen molar-refractivity contribution >= 4 is 22.4 Å². The van der Waals surface area contributed by atoms with Crippen molar-refractivity contribution in [2.24, 2.45) is 0 Å². The van der Waals surface area contributed by atoms with E-state index < -0.39 is 5.97 Å². The monoisotopic (exact) mass is 201 g/mol. The normalized spacial score (nSPS) is 10.4. The van der Waals surface area contributed by atoms with E-state index in [1.54, 1.807) is 0 Å². The summed E-state index contributed by atoms with van der Waals surface area (Å²) >= 11 is 0. The van der Waals surface area contributed by atoms with Gasteiger partial charge in [-0.2, -0.15) is 0 Å². The molecule has 0 bridgehead atoms. The summed E-state index contributed by atoms with van der Waals surface area (Å²) in [7, 11) is 0. The van der Waals surface area contributed by atoms with Crippen LogP contribution in [0.15, 0.2) is 36.4 Å². The molecule has 3 N–H and O–H groups in total. The summed E-state index contributed by atoms with van der Waals surface area (Å²) in [5, 5.41) is 10.6. The number of anilines is 1. The molecule has 2 aromatic carbocycles. The Hall–Kier alpha value is -2.03. The van der Waals surface area contributed by atoms with E-state index in [1.165, 1.54) is 0 Å². The number of nitrogens with two attached hydrogens (primary N) is 1. The second kappa shape index (κ2) is 3.61. The molecular weight excluding hydrogens is 190 g/mol. The summed E-state index contributed by atoms with van der Waals surface area (Å²) in [6.45, 7) is 0.